The Kier molecular flexibility index (Phi) is 5.95. The highest BCUT2D eigenvalue weighted by Gasteiger charge is 2.24. The van der Waals surface area contributed by atoms with Gasteiger partial charge in [-0.05, 0) is 33.4 Å². The predicted octanol–water partition coefficient (Wildman–Crippen LogP) is 8.04. The van der Waals surface area contributed by atoms with E-state index in [1.807, 2.05) is 66.7 Å². The fourth-order valence-corrected chi connectivity index (χ4v) is 4.26. The number of benzene rings is 5. The number of hydrogen-bond acceptors (Lipinski definition) is 1. The highest BCUT2D eigenvalue weighted by atomic mass is 16.1. The second-order valence-corrected chi connectivity index (χ2v) is 8.14. The Labute approximate surface area is 195 Å². The van der Waals surface area contributed by atoms with Crippen LogP contribution in [0, 0.1) is 0 Å². The minimum Gasteiger partial charge on any atom is -0.293 e. The van der Waals surface area contributed by atoms with Gasteiger partial charge >= 0.3 is 0 Å². The van der Waals surface area contributed by atoms with Crippen LogP contribution in [0.2, 0.25) is 0 Å². The average Bonchev–Trinajstić information content (AvgIpc) is 2.91. The summed E-state index contributed by atoms with van der Waals surface area (Å²) in [5, 5.41) is 0. The predicted molar refractivity (Wildman–Crippen MR) is 136 cm³/mol. The molecule has 5 rings (SSSR count). The van der Waals surface area contributed by atoms with Crippen LogP contribution >= 0.6 is 0 Å². The van der Waals surface area contributed by atoms with E-state index in [4.69, 9.17) is 0 Å². The van der Waals surface area contributed by atoms with Crippen LogP contribution in [0.3, 0.4) is 0 Å². The number of Topliss-reactive ketones (excluding diaryl/α,β-unsaturated/α-hetero) is 1. The minimum atomic E-state index is -0.359. The van der Waals surface area contributed by atoms with E-state index in [1.54, 1.807) is 0 Å². The van der Waals surface area contributed by atoms with Crippen molar-refractivity contribution in [2.75, 3.05) is 0 Å². The van der Waals surface area contributed by atoms with Crippen molar-refractivity contribution < 1.29 is 4.79 Å². The minimum absolute atomic E-state index is 0.107. The Morgan fingerprint density at radius 3 is 1.12 bits per heavy atom. The second-order valence-electron chi connectivity index (χ2n) is 8.14. The summed E-state index contributed by atoms with van der Waals surface area (Å²) < 4.78 is 0. The molecule has 0 bridgehead atoms. The number of hydrogen-bond donors (Lipinski definition) is 0. The quantitative estimate of drug-likeness (QED) is 0.252. The lowest BCUT2D eigenvalue weighted by atomic mass is 9.83. The van der Waals surface area contributed by atoms with Gasteiger partial charge in [-0.3, -0.25) is 4.79 Å². The smallest absolute Gasteiger partial charge is 0.174 e. The van der Waals surface area contributed by atoms with Gasteiger partial charge in [-0.15, -0.1) is 0 Å². The summed E-state index contributed by atoms with van der Waals surface area (Å²) in [6, 6.07) is 46.9. The zero-order valence-electron chi connectivity index (χ0n) is 18.3. The van der Waals surface area contributed by atoms with Gasteiger partial charge < -0.3 is 0 Å². The summed E-state index contributed by atoms with van der Waals surface area (Å²) >= 11 is 0. The summed E-state index contributed by atoms with van der Waals surface area (Å²) in [6.45, 7) is 0. The molecule has 1 nitrogen and oxygen atoms in total. The van der Waals surface area contributed by atoms with Gasteiger partial charge in [0, 0.05) is 5.56 Å². The summed E-state index contributed by atoms with van der Waals surface area (Å²) in [5.74, 6) is -0.252. The van der Waals surface area contributed by atoms with Gasteiger partial charge in [-0.2, -0.15) is 0 Å². The van der Waals surface area contributed by atoms with Crippen molar-refractivity contribution in [2.45, 2.75) is 5.92 Å². The summed E-state index contributed by atoms with van der Waals surface area (Å²) in [7, 11) is 0. The molecule has 0 saturated carbocycles. The van der Waals surface area contributed by atoms with Crippen molar-refractivity contribution in [1.82, 2.24) is 0 Å². The molecule has 0 radical (unpaired) electrons. The van der Waals surface area contributed by atoms with Crippen LogP contribution in [-0.4, -0.2) is 5.78 Å². The van der Waals surface area contributed by atoms with Crippen molar-refractivity contribution in [3.63, 3.8) is 0 Å². The maximum absolute atomic E-state index is 13.7. The van der Waals surface area contributed by atoms with Gasteiger partial charge in [0.1, 0.15) is 0 Å². The number of ketones is 1. The Balaban J connectivity index is 1.53. The van der Waals surface area contributed by atoms with E-state index in [9.17, 15) is 4.79 Å². The number of carbonyl (C=O) groups is 1. The van der Waals surface area contributed by atoms with Gasteiger partial charge in [0.2, 0.25) is 0 Å². The van der Waals surface area contributed by atoms with E-state index in [1.165, 1.54) is 11.1 Å². The molecule has 0 aromatic heterocycles. The van der Waals surface area contributed by atoms with Gasteiger partial charge in [0.15, 0.2) is 5.78 Å². The van der Waals surface area contributed by atoms with Crippen molar-refractivity contribution in [2.24, 2.45) is 0 Å². The first kappa shape index (κ1) is 20.7. The van der Waals surface area contributed by atoms with E-state index < -0.39 is 0 Å². The van der Waals surface area contributed by atoms with Gasteiger partial charge in [-0.25, -0.2) is 0 Å². The molecule has 0 atom stereocenters. The van der Waals surface area contributed by atoms with Crippen LogP contribution < -0.4 is 0 Å². The topological polar surface area (TPSA) is 17.1 Å². The third-order valence-corrected chi connectivity index (χ3v) is 6.02. The molecule has 0 N–H and O–H groups in total. The lowest BCUT2D eigenvalue weighted by Crippen LogP contribution is -2.14. The zero-order chi connectivity index (χ0) is 22.5. The molecule has 158 valence electrons. The molecule has 5 aromatic rings. The first-order valence-corrected chi connectivity index (χ1v) is 11.2. The standard InChI is InChI=1S/C32H24O/c33-32(30-14-8-3-9-15-30)31(28-20-16-26(17-21-28)24-10-4-1-5-11-24)29-22-18-27(19-23-29)25-12-6-2-7-13-25/h1-23,31H. The third kappa shape index (κ3) is 4.53. The molecule has 0 saturated heterocycles. The highest BCUT2D eigenvalue weighted by Crippen LogP contribution is 2.32. The highest BCUT2D eigenvalue weighted by molar-refractivity contribution is 6.03. The molecule has 0 heterocycles. The molecule has 1 heteroatoms. The van der Waals surface area contributed by atoms with Crippen molar-refractivity contribution in [3.8, 4) is 22.3 Å². The summed E-state index contributed by atoms with van der Waals surface area (Å²) in [5.41, 5.74) is 7.34. The van der Waals surface area contributed by atoms with Crippen LogP contribution in [0.1, 0.15) is 27.4 Å². The van der Waals surface area contributed by atoms with Gasteiger partial charge in [0.05, 0.1) is 5.92 Å². The van der Waals surface area contributed by atoms with Crippen molar-refractivity contribution in [3.05, 3.63) is 156 Å². The van der Waals surface area contributed by atoms with Crippen molar-refractivity contribution in [1.29, 1.82) is 0 Å². The lowest BCUT2D eigenvalue weighted by molar-refractivity contribution is 0.0974. The SMILES string of the molecule is O=C(c1ccccc1)C(c1ccc(-c2ccccc2)cc1)c1ccc(-c2ccccc2)cc1. The van der Waals surface area contributed by atoms with E-state index in [0.29, 0.717) is 0 Å². The largest absolute Gasteiger partial charge is 0.293 e. The van der Waals surface area contributed by atoms with E-state index in [2.05, 4.69) is 72.8 Å². The van der Waals surface area contributed by atoms with Crippen LogP contribution in [-0.2, 0) is 0 Å². The first-order chi connectivity index (χ1) is 16.3. The monoisotopic (exact) mass is 424 g/mol. The average molecular weight is 425 g/mol. The molecule has 0 amide bonds. The Morgan fingerprint density at radius 2 is 0.727 bits per heavy atom. The molecule has 0 fully saturated rings. The Bertz CT molecular complexity index is 1240. The van der Waals surface area contributed by atoms with Gasteiger partial charge in [-0.1, -0.05) is 140 Å². The van der Waals surface area contributed by atoms with Crippen LogP contribution in [0.25, 0.3) is 22.3 Å². The summed E-state index contributed by atoms with van der Waals surface area (Å²) in [6.07, 6.45) is 0. The molecule has 0 unspecified atom stereocenters. The molecule has 5 aromatic carbocycles. The van der Waals surface area contributed by atoms with Crippen LogP contribution in [0.15, 0.2) is 140 Å². The van der Waals surface area contributed by atoms with E-state index in [0.717, 1.165) is 27.8 Å². The van der Waals surface area contributed by atoms with Crippen molar-refractivity contribution >= 4 is 5.78 Å². The molecular formula is C32H24O. The van der Waals surface area contributed by atoms with Gasteiger partial charge in [0.25, 0.3) is 0 Å². The Hall–Kier alpha value is -4.23. The fraction of sp³-hybridized carbons (Fsp3) is 0.0312. The molecule has 0 aliphatic rings. The summed E-state index contributed by atoms with van der Waals surface area (Å²) in [4.78, 5) is 13.7. The Morgan fingerprint density at radius 1 is 0.394 bits per heavy atom. The maximum atomic E-state index is 13.7. The molecular weight excluding hydrogens is 400 g/mol. The van der Waals surface area contributed by atoms with E-state index >= 15 is 0 Å². The fourth-order valence-electron chi connectivity index (χ4n) is 4.26. The normalized spacial score (nSPS) is 10.8. The second kappa shape index (κ2) is 9.50. The number of rotatable bonds is 6. The molecule has 0 aliphatic heterocycles. The molecule has 33 heavy (non-hydrogen) atoms. The molecule has 0 spiro atoms. The van der Waals surface area contributed by atoms with E-state index in [-0.39, 0.29) is 11.7 Å². The molecule has 0 aliphatic carbocycles. The first-order valence-electron chi connectivity index (χ1n) is 11.2. The maximum Gasteiger partial charge on any atom is 0.174 e. The van der Waals surface area contributed by atoms with Crippen LogP contribution in [0.4, 0.5) is 0 Å². The third-order valence-electron chi connectivity index (χ3n) is 6.02. The lowest BCUT2D eigenvalue weighted by Gasteiger charge is -2.18. The number of carbonyl (C=O) groups excluding carboxylic acids is 1. The van der Waals surface area contributed by atoms with Crippen LogP contribution in [0.5, 0.6) is 0 Å². The zero-order valence-corrected chi connectivity index (χ0v) is 18.3.